The van der Waals surface area contributed by atoms with Gasteiger partial charge in [0.1, 0.15) is 0 Å². The third kappa shape index (κ3) is 7.96. The molecular weight excluding hydrogens is 479 g/mol. The summed E-state index contributed by atoms with van der Waals surface area (Å²) in [6.45, 7) is 34.5. The zero-order chi connectivity index (χ0) is 30.1. The second-order valence-electron chi connectivity index (χ2n) is 15.0. The van der Waals surface area contributed by atoms with Crippen LogP contribution in [-0.4, -0.2) is 17.4 Å². The van der Waals surface area contributed by atoms with Crippen LogP contribution in [0.15, 0.2) is 49.6 Å². The molecule has 0 aliphatic carbocycles. The second-order valence-corrected chi connectivity index (χ2v) is 15.0. The molecule has 0 saturated heterocycles. The molecule has 0 aromatic heterocycles. The molecule has 214 valence electrons. The summed E-state index contributed by atoms with van der Waals surface area (Å²) in [6.07, 6.45) is 4.71. The van der Waals surface area contributed by atoms with Crippen molar-refractivity contribution >= 4 is 7.32 Å². The predicted octanol–water partition coefficient (Wildman–Crippen LogP) is 8.41. The summed E-state index contributed by atoms with van der Waals surface area (Å²) in [4.78, 5) is 0. The molecule has 39 heavy (non-hydrogen) atoms. The highest BCUT2D eigenvalue weighted by Crippen LogP contribution is 2.47. The first kappa shape index (κ1) is 33.1. The minimum atomic E-state index is -1.93. The van der Waals surface area contributed by atoms with Gasteiger partial charge in [-0.05, 0) is 79.0 Å². The molecule has 0 aliphatic heterocycles. The molecule has 0 amide bonds. The van der Waals surface area contributed by atoms with Crippen molar-refractivity contribution in [1.82, 2.24) is 0 Å². The maximum Gasteiger partial charge on any atom is 0.634 e. The van der Waals surface area contributed by atoms with Crippen LogP contribution in [0.25, 0.3) is 0 Å². The van der Waals surface area contributed by atoms with Gasteiger partial charge >= 0.3 is 7.32 Å². The van der Waals surface area contributed by atoms with Crippen molar-refractivity contribution in [3.63, 3.8) is 0 Å². The van der Waals surface area contributed by atoms with E-state index >= 15 is 0 Å². The Morgan fingerprint density at radius 1 is 0.615 bits per heavy atom. The van der Waals surface area contributed by atoms with Crippen LogP contribution in [0.1, 0.15) is 134 Å². The fourth-order valence-corrected chi connectivity index (χ4v) is 5.44. The van der Waals surface area contributed by atoms with Gasteiger partial charge in [0.15, 0.2) is 0 Å². The lowest BCUT2D eigenvalue weighted by atomic mass is 9.68. The third-order valence-electron chi connectivity index (χ3n) is 7.25. The molecule has 0 bridgehead atoms. The smallest absolute Gasteiger partial charge is 0.402 e. The summed E-state index contributed by atoms with van der Waals surface area (Å²) in [7, 11) is -1.93. The van der Waals surface area contributed by atoms with Crippen LogP contribution in [-0.2, 0) is 39.2 Å². The van der Waals surface area contributed by atoms with Gasteiger partial charge in [0, 0.05) is 0 Å². The highest BCUT2D eigenvalue weighted by Gasteiger charge is 2.38. The molecule has 0 spiro atoms. The van der Waals surface area contributed by atoms with E-state index in [-0.39, 0.29) is 21.7 Å². The van der Waals surface area contributed by atoms with Crippen LogP contribution < -0.4 is 0 Å². The first-order chi connectivity index (χ1) is 17.6. The van der Waals surface area contributed by atoms with Crippen molar-refractivity contribution in [1.29, 1.82) is 0 Å². The SMILES string of the molecule is C=CCc1cc(C(C)(C)C)c(C(OB(O)O)c2c(C(C)(C)C)cc(CC=C)cc2C(C)(C)C)c(C(C)(C)C)c1. The minimum absolute atomic E-state index is 0.221. The Balaban J connectivity index is 3.28. The van der Waals surface area contributed by atoms with Gasteiger partial charge < -0.3 is 14.7 Å². The number of hydrogen-bond acceptors (Lipinski definition) is 3. The monoisotopic (exact) mass is 532 g/mol. The van der Waals surface area contributed by atoms with Crippen molar-refractivity contribution < 1.29 is 14.7 Å². The quantitative estimate of drug-likeness (QED) is 0.265. The highest BCUT2D eigenvalue weighted by atomic mass is 16.6. The van der Waals surface area contributed by atoms with Crippen LogP contribution in [0.3, 0.4) is 0 Å². The summed E-state index contributed by atoms with van der Waals surface area (Å²) < 4.78 is 6.24. The molecule has 2 aromatic rings. The van der Waals surface area contributed by atoms with Gasteiger partial charge in [-0.15, -0.1) is 13.2 Å². The van der Waals surface area contributed by atoms with Crippen molar-refractivity contribution in [2.24, 2.45) is 0 Å². The van der Waals surface area contributed by atoms with Crippen molar-refractivity contribution in [3.05, 3.63) is 94.1 Å². The summed E-state index contributed by atoms with van der Waals surface area (Å²) in [5, 5.41) is 20.8. The molecule has 0 fully saturated rings. The molecular formula is C35H53BO3. The lowest BCUT2D eigenvalue weighted by molar-refractivity contribution is 0.138. The van der Waals surface area contributed by atoms with E-state index in [1.165, 1.54) is 11.1 Å². The lowest BCUT2D eigenvalue weighted by Crippen LogP contribution is -2.32. The fourth-order valence-electron chi connectivity index (χ4n) is 5.44. The fraction of sp³-hybridized carbons (Fsp3) is 0.543. The van der Waals surface area contributed by atoms with Crippen molar-refractivity contribution in [3.8, 4) is 0 Å². The van der Waals surface area contributed by atoms with Crippen LogP contribution >= 0.6 is 0 Å². The van der Waals surface area contributed by atoms with E-state index in [4.69, 9.17) is 4.65 Å². The summed E-state index contributed by atoms with van der Waals surface area (Å²) in [5.74, 6) is 0. The Bertz CT molecular complexity index is 1020. The number of benzene rings is 2. The summed E-state index contributed by atoms with van der Waals surface area (Å²) in [5.41, 5.74) is 8.12. The van der Waals surface area contributed by atoms with Gasteiger partial charge in [-0.2, -0.15) is 0 Å². The molecule has 0 unspecified atom stereocenters. The number of hydrogen-bond donors (Lipinski definition) is 2. The zero-order valence-electron chi connectivity index (χ0n) is 26.7. The molecule has 3 nitrogen and oxygen atoms in total. The van der Waals surface area contributed by atoms with E-state index in [2.05, 4.69) is 121 Å². The Hall–Kier alpha value is -2.14. The Labute approximate surface area is 239 Å². The molecule has 2 rings (SSSR count). The first-order valence-electron chi connectivity index (χ1n) is 14.2. The van der Waals surface area contributed by atoms with Gasteiger partial charge in [0.2, 0.25) is 0 Å². The average molecular weight is 533 g/mol. The molecule has 2 aromatic carbocycles. The Morgan fingerprint density at radius 2 is 0.872 bits per heavy atom. The third-order valence-corrected chi connectivity index (χ3v) is 7.25. The largest absolute Gasteiger partial charge is 0.634 e. The van der Waals surface area contributed by atoms with E-state index in [0.717, 1.165) is 46.2 Å². The summed E-state index contributed by atoms with van der Waals surface area (Å²) >= 11 is 0. The number of rotatable bonds is 8. The Kier molecular flexibility index (Phi) is 9.98. The van der Waals surface area contributed by atoms with E-state index in [9.17, 15) is 10.0 Å². The standard InChI is InChI=1S/C35H53BO3/c1-15-17-23-19-25(32(3,4)5)29(26(20-23)33(6,7)8)31(39-36(37)38)30-27(34(9,10)11)21-24(18-16-2)22-28(30)35(12,13)14/h15-16,19-22,31,37-38H,1-2,17-18H2,3-14H3. The van der Waals surface area contributed by atoms with E-state index in [1.54, 1.807) is 0 Å². The molecule has 4 heteroatoms. The zero-order valence-corrected chi connectivity index (χ0v) is 26.7. The molecule has 0 atom stereocenters. The molecule has 0 radical (unpaired) electrons. The van der Waals surface area contributed by atoms with Crippen LogP contribution in [0.2, 0.25) is 0 Å². The van der Waals surface area contributed by atoms with E-state index < -0.39 is 13.4 Å². The maximum atomic E-state index is 10.4. The van der Waals surface area contributed by atoms with Crippen LogP contribution in [0, 0.1) is 0 Å². The van der Waals surface area contributed by atoms with E-state index in [0.29, 0.717) is 0 Å². The molecule has 0 aliphatic rings. The van der Waals surface area contributed by atoms with Crippen molar-refractivity contribution in [2.75, 3.05) is 0 Å². The van der Waals surface area contributed by atoms with Crippen molar-refractivity contribution in [2.45, 2.75) is 124 Å². The molecule has 2 N–H and O–H groups in total. The molecule has 0 heterocycles. The lowest BCUT2D eigenvalue weighted by Gasteiger charge is -2.39. The predicted molar refractivity (Wildman–Crippen MR) is 169 cm³/mol. The van der Waals surface area contributed by atoms with Gasteiger partial charge in [-0.3, -0.25) is 0 Å². The highest BCUT2D eigenvalue weighted by molar-refractivity contribution is 6.32. The topological polar surface area (TPSA) is 49.7 Å². The normalized spacial score (nSPS) is 13.1. The second kappa shape index (κ2) is 11.8. The minimum Gasteiger partial charge on any atom is -0.402 e. The van der Waals surface area contributed by atoms with Crippen LogP contribution in [0.5, 0.6) is 0 Å². The summed E-state index contributed by atoms with van der Waals surface area (Å²) in [6, 6.07) is 9.02. The van der Waals surface area contributed by atoms with Gasteiger partial charge in [0.05, 0.1) is 6.10 Å². The van der Waals surface area contributed by atoms with Crippen LogP contribution in [0.4, 0.5) is 0 Å². The van der Waals surface area contributed by atoms with E-state index in [1.807, 2.05) is 12.2 Å². The first-order valence-corrected chi connectivity index (χ1v) is 14.2. The van der Waals surface area contributed by atoms with Gasteiger partial charge in [0.25, 0.3) is 0 Å². The van der Waals surface area contributed by atoms with Gasteiger partial charge in [-0.1, -0.05) is 120 Å². The average Bonchev–Trinajstić information content (AvgIpc) is 2.74. The van der Waals surface area contributed by atoms with Gasteiger partial charge in [-0.25, -0.2) is 0 Å². The Morgan fingerprint density at radius 3 is 1.05 bits per heavy atom. The maximum absolute atomic E-state index is 10.4. The number of allylic oxidation sites excluding steroid dienone is 2. The molecule has 0 saturated carbocycles.